The largest absolute Gasteiger partial charge is 0.388 e. The molecule has 4 heteroatoms. The van der Waals surface area contributed by atoms with E-state index in [1.165, 1.54) is 32.1 Å². The predicted octanol–water partition coefficient (Wildman–Crippen LogP) is 3.34. The molecule has 0 saturated heterocycles. The number of hydrogen-bond acceptors (Lipinski definition) is 3. The summed E-state index contributed by atoms with van der Waals surface area (Å²) < 4.78 is 0. The van der Waals surface area contributed by atoms with Crippen LogP contribution in [0, 0.1) is 11.8 Å². The smallest absolute Gasteiger partial charge is 0.122 e. The SMILES string of the molecule is CCC1CCC(CNc2ccnc(C(N)=S)c2)CC1. The molecule has 19 heavy (non-hydrogen) atoms. The molecule has 1 fully saturated rings. The third kappa shape index (κ3) is 4.16. The fraction of sp³-hybridized carbons (Fsp3) is 0.600. The van der Waals surface area contributed by atoms with Crippen molar-refractivity contribution in [1.82, 2.24) is 4.98 Å². The molecule has 0 unspecified atom stereocenters. The quantitative estimate of drug-likeness (QED) is 0.810. The van der Waals surface area contributed by atoms with E-state index < -0.39 is 0 Å². The molecule has 3 nitrogen and oxygen atoms in total. The van der Waals surface area contributed by atoms with Crippen molar-refractivity contribution in [2.24, 2.45) is 17.6 Å². The zero-order chi connectivity index (χ0) is 13.7. The second kappa shape index (κ2) is 6.85. The molecule has 0 amide bonds. The molecular formula is C15H23N3S. The van der Waals surface area contributed by atoms with Crippen LogP contribution in [-0.4, -0.2) is 16.5 Å². The fourth-order valence-corrected chi connectivity index (χ4v) is 2.89. The van der Waals surface area contributed by atoms with Crippen molar-refractivity contribution in [2.45, 2.75) is 39.0 Å². The van der Waals surface area contributed by atoms with Crippen LogP contribution in [0.3, 0.4) is 0 Å². The summed E-state index contributed by atoms with van der Waals surface area (Å²) in [6.45, 7) is 3.34. The van der Waals surface area contributed by atoms with Crippen molar-refractivity contribution >= 4 is 22.9 Å². The molecule has 1 aliphatic rings. The standard InChI is InChI=1S/C15H23N3S/c1-2-11-3-5-12(6-4-11)10-18-13-7-8-17-14(9-13)15(16)19/h7-9,11-12H,2-6,10H2,1H3,(H2,16,19)(H,17,18). The van der Waals surface area contributed by atoms with Gasteiger partial charge in [0.25, 0.3) is 0 Å². The van der Waals surface area contributed by atoms with Crippen LogP contribution >= 0.6 is 12.2 Å². The maximum absolute atomic E-state index is 5.59. The molecule has 0 spiro atoms. The lowest BCUT2D eigenvalue weighted by atomic mass is 9.81. The van der Waals surface area contributed by atoms with Crippen LogP contribution in [0.5, 0.6) is 0 Å². The van der Waals surface area contributed by atoms with Crippen molar-refractivity contribution in [1.29, 1.82) is 0 Å². The first-order valence-electron chi connectivity index (χ1n) is 7.18. The molecule has 1 aromatic rings. The second-order valence-corrected chi connectivity index (χ2v) is 5.91. The Morgan fingerprint density at radius 1 is 1.37 bits per heavy atom. The van der Waals surface area contributed by atoms with Gasteiger partial charge in [0.05, 0.1) is 5.69 Å². The van der Waals surface area contributed by atoms with Gasteiger partial charge in [0.2, 0.25) is 0 Å². The van der Waals surface area contributed by atoms with Crippen LogP contribution in [0.1, 0.15) is 44.7 Å². The third-order valence-corrected chi connectivity index (χ3v) is 4.36. The Labute approximate surface area is 121 Å². The molecule has 1 aliphatic carbocycles. The lowest BCUT2D eigenvalue weighted by molar-refractivity contribution is 0.278. The number of nitrogens with two attached hydrogens (primary N) is 1. The monoisotopic (exact) mass is 277 g/mol. The number of thiocarbonyl (C=S) groups is 1. The van der Waals surface area contributed by atoms with E-state index in [-0.39, 0.29) is 0 Å². The van der Waals surface area contributed by atoms with E-state index in [9.17, 15) is 0 Å². The van der Waals surface area contributed by atoms with Crippen molar-refractivity contribution in [3.63, 3.8) is 0 Å². The summed E-state index contributed by atoms with van der Waals surface area (Å²) in [5, 5.41) is 3.49. The minimum Gasteiger partial charge on any atom is -0.388 e. The van der Waals surface area contributed by atoms with Crippen LogP contribution in [0.2, 0.25) is 0 Å². The number of pyridine rings is 1. The van der Waals surface area contributed by atoms with Crippen molar-refractivity contribution in [3.05, 3.63) is 24.0 Å². The minimum atomic E-state index is 0.354. The number of aromatic nitrogens is 1. The van der Waals surface area contributed by atoms with Gasteiger partial charge < -0.3 is 11.1 Å². The lowest BCUT2D eigenvalue weighted by Crippen LogP contribution is -2.21. The molecule has 1 heterocycles. The van der Waals surface area contributed by atoms with Gasteiger partial charge in [-0.25, -0.2) is 0 Å². The Morgan fingerprint density at radius 3 is 2.68 bits per heavy atom. The van der Waals surface area contributed by atoms with Gasteiger partial charge in [-0.2, -0.15) is 0 Å². The van der Waals surface area contributed by atoms with Crippen molar-refractivity contribution in [2.75, 3.05) is 11.9 Å². The summed E-state index contributed by atoms with van der Waals surface area (Å²) in [6.07, 6.45) is 8.55. The zero-order valence-corrected chi connectivity index (χ0v) is 12.4. The van der Waals surface area contributed by atoms with E-state index >= 15 is 0 Å². The number of nitrogens with zero attached hydrogens (tertiary/aromatic N) is 1. The van der Waals surface area contributed by atoms with E-state index in [0.717, 1.165) is 24.1 Å². The van der Waals surface area contributed by atoms with Crippen LogP contribution in [0.4, 0.5) is 5.69 Å². The highest BCUT2D eigenvalue weighted by atomic mass is 32.1. The third-order valence-electron chi connectivity index (χ3n) is 4.15. The molecule has 3 N–H and O–H groups in total. The fourth-order valence-electron chi connectivity index (χ4n) is 2.78. The summed E-state index contributed by atoms with van der Waals surface area (Å²) in [6, 6.07) is 3.90. The first-order valence-corrected chi connectivity index (χ1v) is 7.59. The van der Waals surface area contributed by atoms with E-state index in [2.05, 4.69) is 17.2 Å². The Hall–Kier alpha value is -1.16. The van der Waals surface area contributed by atoms with Gasteiger partial charge in [0.15, 0.2) is 0 Å². The van der Waals surface area contributed by atoms with Crippen LogP contribution in [-0.2, 0) is 0 Å². The molecule has 0 aromatic carbocycles. The van der Waals surface area contributed by atoms with E-state index in [0.29, 0.717) is 10.7 Å². The summed E-state index contributed by atoms with van der Waals surface area (Å²) >= 11 is 4.94. The topological polar surface area (TPSA) is 50.9 Å². The Kier molecular flexibility index (Phi) is 5.14. The van der Waals surface area contributed by atoms with E-state index in [4.69, 9.17) is 18.0 Å². The molecular weight excluding hydrogens is 254 g/mol. The first-order chi connectivity index (χ1) is 9.19. The normalized spacial score (nSPS) is 23.0. The highest BCUT2D eigenvalue weighted by Crippen LogP contribution is 2.30. The number of rotatable bonds is 5. The lowest BCUT2D eigenvalue weighted by Gasteiger charge is -2.28. The zero-order valence-electron chi connectivity index (χ0n) is 11.6. The summed E-state index contributed by atoms with van der Waals surface area (Å²) in [7, 11) is 0. The summed E-state index contributed by atoms with van der Waals surface area (Å²) in [5.74, 6) is 1.75. The average Bonchev–Trinajstić information content (AvgIpc) is 2.46. The van der Waals surface area contributed by atoms with Gasteiger partial charge in [0, 0.05) is 18.4 Å². The Balaban J connectivity index is 1.82. The predicted molar refractivity (Wildman–Crippen MR) is 84.4 cm³/mol. The number of anilines is 1. The number of nitrogens with one attached hydrogen (secondary N) is 1. The van der Waals surface area contributed by atoms with Crippen LogP contribution in [0.15, 0.2) is 18.3 Å². The Morgan fingerprint density at radius 2 is 2.05 bits per heavy atom. The summed E-state index contributed by atoms with van der Waals surface area (Å²) in [4.78, 5) is 4.50. The maximum Gasteiger partial charge on any atom is 0.122 e. The second-order valence-electron chi connectivity index (χ2n) is 5.47. The average molecular weight is 277 g/mol. The van der Waals surface area contributed by atoms with Gasteiger partial charge in [-0.15, -0.1) is 0 Å². The molecule has 1 saturated carbocycles. The molecule has 0 radical (unpaired) electrons. The van der Waals surface area contributed by atoms with Gasteiger partial charge in [-0.1, -0.05) is 38.4 Å². The maximum atomic E-state index is 5.59. The highest BCUT2D eigenvalue weighted by Gasteiger charge is 2.19. The molecule has 0 bridgehead atoms. The molecule has 0 atom stereocenters. The van der Waals surface area contributed by atoms with E-state index in [1.807, 2.05) is 12.1 Å². The van der Waals surface area contributed by atoms with Crippen LogP contribution < -0.4 is 11.1 Å². The Bertz CT molecular complexity index is 425. The van der Waals surface area contributed by atoms with Crippen LogP contribution in [0.25, 0.3) is 0 Å². The van der Waals surface area contributed by atoms with E-state index in [1.54, 1.807) is 6.20 Å². The molecule has 1 aromatic heterocycles. The van der Waals surface area contributed by atoms with Crippen molar-refractivity contribution in [3.8, 4) is 0 Å². The van der Waals surface area contributed by atoms with Gasteiger partial charge in [-0.05, 0) is 36.8 Å². The summed E-state index contributed by atoms with van der Waals surface area (Å²) in [5.41, 5.74) is 7.35. The minimum absolute atomic E-state index is 0.354. The highest BCUT2D eigenvalue weighted by molar-refractivity contribution is 7.80. The van der Waals surface area contributed by atoms with Gasteiger partial charge in [-0.3, -0.25) is 4.98 Å². The molecule has 2 rings (SSSR count). The molecule has 0 aliphatic heterocycles. The van der Waals surface area contributed by atoms with Gasteiger partial charge >= 0.3 is 0 Å². The number of hydrogen-bond donors (Lipinski definition) is 2. The van der Waals surface area contributed by atoms with Gasteiger partial charge in [0.1, 0.15) is 4.99 Å². The first kappa shape index (κ1) is 14.3. The molecule has 104 valence electrons. The van der Waals surface area contributed by atoms with Crippen molar-refractivity contribution < 1.29 is 0 Å².